The molecule has 4 aromatic rings. The highest BCUT2D eigenvalue weighted by Crippen LogP contribution is 2.25. The molecular weight excluding hydrogens is 372 g/mol. The first-order valence-electron chi connectivity index (χ1n) is 9.83. The van der Waals surface area contributed by atoms with Gasteiger partial charge in [0.1, 0.15) is 12.4 Å². The number of rotatable bonds is 7. The Kier molecular flexibility index (Phi) is 6.16. The molecule has 0 aliphatic heterocycles. The van der Waals surface area contributed by atoms with Crippen LogP contribution in [0.15, 0.2) is 103 Å². The van der Waals surface area contributed by atoms with Crippen molar-refractivity contribution in [2.75, 3.05) is 0 Å². The lowest BCUT2D eigenvalue weighted by Gasteiger charge is -2.12. The fourth-order valence-corrected chi connectivity index (χ4v) is 3.20. The molecule has 0 aliphatic rings. The molecule has 1 N–H and O–H groups in total. The summed E-state index contributed by atoms with van der Waals surface area (Å²) in [5.74, 6) is 0.599. The SMILES string of the molecule is O=C(NCc1cccnc1)c1ccc(OCc2ccccc2-c2ccccc2)cc1. The standard InChI is InChI=1S/C26H22N2O2/c29-26(28-18-20-7-6-16-27-17-20)22-12-14-24(15-13-22)30-19-23-10-4-5-11-25(23)21-8-2-1-3-9-21/h1-17H,18-19H2,(H,28,29). The van der Waals surface area contributed by atoms with E-state index in [1.165, 1.54) is 0 Å². The molecule has 4 nitrogen and oxygen atoms in total. The van der Waals surface area contributed by atoms with Crippen LogP contribution in [0, 0.1) is 0 Å². The molecule has 0 saturated carbocycles. The highest BCUT2D eigenvalue weighted by Gasteiger charge is 2.07. The Bertz CT molecular complexity index is 1090. The topological polar surface area (TPSA) is 51.2 Å². The van der Waals surface area contributed by atoms with Crippen LogP contribution in [0.3, 0.4) is 0 Å². The van der Waals surface area contributed by atoms with Gasteiger partial charge in [0.2, 0.25) is 0 Å². The maximum Gasteiger partial charge on any atom is 0.251 e. The molecule has 148 valence electrons. The molecule has 1 amide bonds. The third-order valence-corrected chi connectivity index (χ3v) is 4.79. The number of carbonyl (C=O) groups is 1. The van der Waals surface area contributed by atoms with Gasteiger partial charge in [0, 0.05) is 24.5 Å². The van der Waals surface area contributed by atoms with Crippen LogP contribution in [0.25, 0.3) is 11.1 Å². The van der Waals surface area contributed by atoms with Crippen molar-refractivity contribution in [2.45, 2.75) is 13.2 Å². The molecule has 0 atom stereocenters. The molecule has 0 unspecified atom stereocenters. The van der Waals surface area contributed by atoms with Gasteiger partial charge in [0.25, 0.3) is 5.91 Å². The Hall–Kier alpha value is -3.92. The second kappa shape index (κ2) is 9.52. The molecule has 0 spiro atoms. The minimum Gasteiger partial charge on any atom is -0.489 e. The van der Waals surface area contributed by atoms with Gasteiger partial charge in [-0.15, -0.1) is 0 Å². The fourth-order valence-electron chi connectivity index (χ4n) is 3.20. The Morgan fingerprint density at radius 2 is 1.60 bits per heavy atom. The van der Waals surface area contributed by atoms with Gasteiger partial charge in [0.05, 0.1) is 0 Å². The molecule has 4 rings (SSSR count). The van der Waals surface area contributed by atoms with E-state index in [4.69, 9.17) is 4.74 Å². The van der Waals surface area contributed by atoms with E-state index in [0.717, 1.165) is 28.0 Å². The van der Waals surface area contributed by atoms with Crippen molar-refractivity contribution >= 4 is 5.91 Å². The number of amides is 1. The van der Waals surface area contributed by atoms with Crippen molar-refractivity contribution in [2.24, 2.45) is 0 Å². The largest absolute Gasteiger partial charge is 0.489 e. The molecule has 3 aromatic carbocycles. The molecule has 1 aromatic heterocycles. The van der Waals surface area contributed by atoms with Crippen LogP contribution in [0.4, 0.5) is 0 Å². The zero-order valence-corrected chi connectivity index (χ0v) is 16.5. The molecule has 0 saturated heterocycles. The lowest BCUT2D eigenvalue weighted by molar-refractivity contribution is 0.0951. The summed E-state index contributed by atoms with van der Waals surface area (Å²) >= 11 is 0. The van der Waals surface area contributed by atoms with Gasteiger partial charge < -0.3 is 10.1 Å². The maximum absolute atomic E-state index is 12.3. The van der Waals surface area contributed by atoms with Crippen molar-refractivity contribution in [1.82, 2.24) is 10.3 Å². The first-order chi connectivity index (χ1) is 14.8. The minimum absolute atomic E-state index is 0.125. The molecular formula is C26H22N2O2. The number of hydrogen-bond acceptors (Lipinski definition) is 3. The second-order valence-electron chi connectivity index (χ2n) is 6.88. The van der Waals surface area contributed by atoms with E-state index >= 15 is 0 Å². The second-order valence-corrected chi connectivity index (χ2v) is 6.88. The number of nitrogens with one attached hydrogen (secondary N) is 1. The summed E-state index contributed by atoms with van der Waals surface area (Å²) in [5.41, 5.74) is 4.99. The highest BCUT2D eigenvalue weighted by molar-refractivity contribution is 5.94. The number of hydrogen-bond donors (Lipinski definition) is 1. The predicted molar refractivity (Wildman–Crippen MR) is 118 cm³/mol. The van der Waals surface area contributed by atoms with Gasteiger partial charge in [-0.25, -0.2) is 0 Å². The number of nitrogens with zero attached hydrogens (tertiary/aromatic N) is 1. The van der Waals surface area contributed by atoms with E-state index in [0.29, 0.717) is 18.7 Å². The van der Waals surface area contributed by atoms with Gasteiger partial charge in [-0.3, -0.25) is 9.78 Å². The molecule has 1 heterocycles. The molecule has 30 heavy (non-hydrogen) atoms. The number of aromatic nitrogens is 1. The number of ether oxygens (including phenoxy) is 1. The van der Waals surface area contributed by atoms with Gasteiger partial charge in [-0.2, -0.15) is 0 Å². The molecule has 0 aliphatic carbocycles. The summed E-state index contributed by atoms with van der Waals surface area (Å²) in [6.07, 6.45) is 3.45. The lowest BCUT2D eigenvalue weighted by atomic mass is 10.0. The summed E-state index contributed by atoms with van der Waals surface area (Å²) in [6.45, 7) is 0.902. The van der Waals surface area contributed by atoms with Crippen molar-refractivity contribution in [3.05, 3.63) is 120 Å². The summed E-state index contributed by atoms with van der Waals surface area (Å²) in [5, 5.41) is 2.90. The fraction of sp³-hybridized carbons (Fsp3) is 0.0769. The third-order valence-electron chi connectivity index (χ3n) is 4.79. The van der Waals surface area contributed by atoms with Crippen LogP contribution >= 0.6 is 0 Å². The van der Waals surface area contributed by atoms with E-state index in [-0.39, 0.29) is 5.91 Å². The zero-order valence-electron chi connectivity index (χ0n) is 16.5. The van der Waals surface area contributed by atoms with Gasteiger partial charge >= 0.3 is 0 Å². The Morgan fingerprint density at radius 3 is 2.37 bits per heavy atom. The third kappa shape index (κ3) is 4.92. The average Bonchev–Trinajstić information content (AvgIpc) is 2.83. The first kappa shape index (κ1) is 19.4. The van der Waals surface area contributed by atoms with Crippen LogP contribution in [0.2, 0.25) is 0 Å². The Morgan fingerprint density at radius 1 is 0.833 bits per heavy atom. The molecule has 0 fully saturated rings. The monoisotopic (exact) mass is 394 g/mol. The summed E-state index contributed by atoms with van der Waals surface area (Å²) < 4.78 is 5.98. The Balaban J connectivity index is 1.37. The average molecular weight is 394 g/mol. The quantitative estimate of drug-likeness (QED) is 0.465. The summed E-state index contributed by atoms with van der Waals surface area (Å²) in [7, 11) is 0. The highest BCUT2D eigenvalue weighted by atomic mass is 16.5. The molecule has 0 bridgehead atoms. The van der Waals surface area contributed by atoms with Crippen molar-refractivity contribution in [3.8, 4) is 16.9 Å². The van der Waals surface area contributed by atoms with Gasteiger partial charge in [0.15, 0.2) is 0 Å². The minimum atomic E-state index is -0.125. The summed E-state index contributed by atoms with van der Waals surface area (Å²) in [6, 6.07) is 29.5. The van der Waals surface area contributed by atoms with Crippen LogP contribution in [-0.4, -0.2) is 10.9 Å². The smallest absolute Gasteiger partial charge is 0.251 e. The molecule has 4 heteroatoms. The van der Waals surface area contributed by atoms with Crippen LogP contribution < -0.4 is 10.1 Å². The van der Waals surface area contributed by atoms with Gasteiger partial charge in [-0.1, -0.05) is 60.7 Å². The van der Waals surface area contributed by atoms with E-state index in [1.807, 2.05) is 54.6 Å². The van der Waals surface area contributed by atoms with Crippen molar-refractivity contribution in [1.29, 1.82) is 0 Å². The van der Waals surface area contributed by atoms with Crippen LogP contribution in [-0.2, 0) is 13.2 Å². The van der Waals surface area contributed by atoms with E-state index in [1.54, 1.807) is 24.5 Å². The van der Waals surface area contributed by atoms with Crippen molar-refractivity contribution in [3.63, 3.8) is 0 Å². The Labute approximate surface area is 176 Å². The number of benzene rings is 3. The zero-order chi connectivity index (χ0) is 20.6. The first-order valence-corrected chi connectivity index (χ1v) is 9.83. The molecule has 0 radical (unpaired) electrons. The maximum atomic E-state index is 12.3. The lowest BCUT2D eigenvalue weighted by Crippen LogP contribution is -2.22. The number of carbonyl (C=O) groups excluding carboxylic acids is 1. The predicted octanol–water partition coefficient (Wildman–Crippen LogP) is 5.26. The van der Waals surface area contributed by atoms with Crippen molar-refractivity contribution < 1.29 is 9.53 Å². The van der Waals surface area contributed by atoms with Crippen LogP contribution in [0.1, 0.15) is 21.5 Å². The van der Waals surface area contributed by atoms with E-state index < -0.39 is 0 Å². The van der Waals surface area contributed by atoms with Crippen LogP contribution in [0.5, 0.6) is 5.75 Å². The van der Waals surface area contributed by atoms with E-state index in [9.17, 15) is 4.79 Å². The normalized spacial score (nSPS) is 10.4. The van der Waals surface area contributed by atoms with Gasteiger partial charge in [-0.05, 0) is 52.6 Å². The number of pyridine rings is 1. The summed E-state index contributed by atoms with van der Waals surface area (Å²) in [4.78, 5) is 16.4. The van der Waals surface area contributed by atoms with E-state index in [2.05, 4.69) is 34.6 Å².